The van der Waals surface area contributed by atoms with Gasteiger partial charge in [-0.2, -0.15) is 0 Å². The maximum absolute atomic E-state index is 13.4. The van der Waals surface area contributed by atoms with Crippen LogP contribution in [0.3, 0.4) is 0 Å². The smallest absolute Gasteiger partial charge is 0.315 e. The molecule has 0 unspecified atom stereocenters. The zero-order valence-corrected chi connectivity index (χ0v) is 23.7. The molecule has 0 heterocycles. The molecule has 5 aliphatic carbocycles. The van der Waals surface area contributed by atoms with Crippen LogP contribution >= 0.6 is 0 Å². The highest BCUT2D eigenvalue weighted by molar-refractivity contribution is 5.79. The van der Waals surface area contributed by atoms with Crippen LogP contribution in [0.1, 0.15) is 99.3 Å². The van der Waals surface area contributed by atoms with Gasteiger partial charge >= 0.3 is 5.97 Å². The van der Waals surface area contributed by atoms with Crippen molar-refractivity contribution in [3.05, 3.63) is 11.6 Å². The Morgan fingerprint density at radius 3 is 2.28 bits per heavy atom. The average molecular weight is 503 g/mol. The predicted octanol–water partition coefficient (Wildman–Crippen LogP) is 5.27. The van der Waals surface area contributed by atoms with Gasteiger partial charge in [0.05, 0.1) is 25.9 Å². The van der Waals surface area contributed by atoms with E-state index in [-0.39, 0.29) is 46.1 Å². The molecule has 204 valence electrons. The van der Waals surface area contributed by atoms with Crippen LogP contribution in [0, 0.1) is 50.2 Å². The highest BCUT2D eigenvalue weighted by Crippen LogP contribution is 2.75. The van der Waals surface area contributed by atoms with E-state index in [0.717, 1.165) is 44.9 Å². The Morgan fingerprint density at radius 2 is 1.64 bits per heavy atom. The molecule has 0 spiro atoms. The van der Waals surface area contributed by atoms with Crippen molar-refractivity contribution in [1.82, 2.24) is 0 Å². The molecule has 5 heteroatoms. The lowest BCUT2D eigenvalue weighted by molar-refractivity contribution is -0.227. The minimum Gasteiger partial charge on any atom is -0.468 e. The van der Waals surface area contributed by atoms with Gasteiger partial charge in [0, 0.05) is 5.41 Å². The van der Waals surface area contributed by atoms with Gasteiger partial charge in [0.25, 0.3) is 0 Å². The van der Waals surface area contributed by atoms with E-state index in [0.29, 0.717) is 18.8 Å². The summed E-state index contributed by atoms with van der Waals surface area (Å²) in [6.45, 7) is 14.0. The molecule has 0 aliphatic heterocycles. The van der Waals surface area contributed by atoms with Gasteiger partial charge in [0.15, 0.2) is 0 Å². The van der Waals surface area contributed by atoms with Crippen LogP contribution in [-0.4, -0.2) is 47.2 Å². The summed E-state index contributed by atoms with van der Waals surface area (Å²) in [5.74, 6) is 0.444. The Kier molecular flexibility index (Phi) is 5.97. The lowest BCUT2D eigenvalue weighted by Crippen LogP contribution is -2.68. The number of carbonyl (C=O) groups is 1. The SMILES string of the molecule is COC(=O)[C@]12CCC(C)(C)C[C@H]1C1=CC[C@@H]3[C@@]4(C)CC[C@H](O)[C@@](C)(CO)[C@@H]4CC[C@@]3(C)[C@]1(C)C[C@H]2O. The van der Waals surface area contributed by atoms with Crippen molar-refractivity contribution < 1.29 is 24.9 Å². The fourth-order valence-corrected chi connectivity index (χ4v) is 10.9. The highest BCUT2D eigenvalue weighted by atomic mass is 16.5. The molecule has 36 heavy (non-hydrogen) atoms. The molecule has 0 radical (unpaired) electrons. The zero-order chi connectivity index (χ0) is 26.5. The molecule has 0 aromatic carbocycles. The number of fused-ring (bicyclic) bond motifs is 7. The fraction of sp³-hybridized carbons (Fsp3) is 0.903. The minimum absolute atomic E-state index is 0.00152. The standard InChI is InChI=1S/C31H50O5/c1-26(2)14-15-31(25(35)36-7)20(16-26)19-8-9-22-27(3)12-11-23(33)28(4,18-32)21(27)10-13-29(22,5)30(19,6)17-24(31)34/h8,20-24,32-34H,9-18H2,1-7H3/t20-,21+,22+,23-,24+,27-,28-,29+,30+,31+/m0/s1. The Morgan fingerprint density at radius 1 is 0.944 bits per heavy atom. The number of methoxy groups -OCH3 is 1. The first kappa shape index (κ1) is 26.7. The summed E-state index contributed by atoms with van der Waals surface area (Å²) >= 11 is 0. The van der Waals surface area contributed by atoms with Crippen molar-refractivity contribution in [3.8, 4) is 0 Å². The van der Waals surface area contributed by atoms with Gasteiger partial charge in [-0.25, -0.2) is 0 Å². The summed E-state index contributed by atoms with van der Waals surface area (Å²) in [7, 11) is 1.47. The maximum Gasteiger partial charge on any atom is 0.315 e. The van der Waals surface area contributed by atoms with Crippen LogP contribution in [0.15, 0.2) is 11.6 Å². The number of carbonyl (C=O) groups excluding carboxylic acids is 1. The predicted molar refractivity (Wildman–Crippen MR) is 140 cm³/mol. The van der Waals surface area contributed by atoms with E-state index in [9.17, 15) is 20.1 Å². The maximum atomic E-state index is 13.4. The third kappa shape index (κ3) is 3.09. The second-order valence-electron chi connectivity index (χ2n) is 15.2. The van der Waals surface area contributed by atoms with Gasteiger partial charge in [0.2, 0.25) is 0 Å². The lowest BCUT2D eigenvalue weighted by atomic mass is 9.33. The topological polar surface area (TPSA) is 87.0 Å². The van der Waals surface area contributed by atoms with Gasteiger partial charge in [-0.3, -0.25) is 4.79 Å². The Hall–Kier alpha value is -0.910. The van der Waals surface area contributed by atoms with E-state index in [4.69, 9.17) is 4.74 Å². The number of aliphatic hydroxyl groups excluding tert-OH is 3. The summed E-state index contributed by atoms with van der Waals surface area (Å²) in [6, 6.07) is 0. The number of hydrogen-bond donors (Lipinski definition) is 3. The van der Waals surface area contributed by atoms with Crippen LogP contribution in [0.2, 0.25) is 0 Å². The van der Waals surface area contributed by atoms with E-state index in [1.54, 1.807) is 0 Å². The molecule has 5 nitrogen and oxygen atoms in total. The summed E-state index contributed by atoms with van der Waals surface area (Å²) in [5.41, 5.74) is -0.0141. The quantitative estimate of drug-likeness (QED) is 0.354. The second kappa shape index (κ2) is 8.05. The van der Waals surface area contributed by atoms with Gasteiger partial charge in [0.1, 0.15) is 5.41 Å². The molecule has 5 aliphatic rings. The van der Waals surface area contributed by atoms with Crippen molar-refractivity contribution in [3.63, 3.8) is 0 Å². The highest BCUT2D eigenvalue weighted by Gasteiger charge is 2.71. The van der Waals surface area contributed by atoms with Crippen LogP contribution < -0.4 is 0 Å². The molecule has 5 rings (SSSR count). The third-order valence-electron chi connectivity index (χ3n) is 13.4. The number of allylic oxidation sites excluding steroid dienone is 2. The summed E-state index contributed by atoms with van der Waals surface area (Å²) in [6.07, 6.45) is 9.05. The Bertz CT molecular complexity index is 957. The molecule has 4 saturated carbocycles. The normalized spacial score (nSPS) is 53.7. The van der Waals surface area contributed by atoms with Crippen molar-refractivity contribution >= 4 is 5.97 Å². The molecular weight excluding hydrogens is 452 g/mol. The Balaban J connectivity index is 1.63. The van der Waals surface area contributed by atoms with Gasteiger partial charge < -0.3 is 20.1 Å². The van der Waals surface area contributed by atoms with Crippen molar-refractivity contribution in [2.75, 3.05) is 13.7 Å². The number of rotatable bonds is 2. The summed E-state index contributed by atoms with van der Waals surface area (Å²) < 4.78 is 5.39. The van der Waals surface area contributed by atoms with E-state index in [1.165, 1.54) is 12.7 Å². The third-order valence-corrected chi connectivity index (χ3v) is 13.4. The van der Waals surface area contributed by atoms with Crippen LogP contribution in [0.4, 0.5) is 0 Å². The van der Waals surface area contributed by atoms with Crippen molar-refractivity contribution in [2.45, 2.75) is 112 Å². The van der Waals surface area contributed by atoms with Gasteiger partial charge in [-0.05, 0) is 97.2 Å². The van der Waals surface area contributed by atoms with Crippen molar-refractivity contribution in [1.29, 1.82) is 0 Å². The van der Waals surface area contributed by atoms with E-state index < -0.39 is 23.0 Å². The lowest BCUT2D eigenvalue weighted by Gasteiger charge is -2.71. The largest absolute Gasteiger partial charge is 0.468 e. The molecule has 10 atom stereocenters. The first-order valence-corrected chi connectivity index (χ1v) is 14.4. The first-order chi connectivity index (χ1) is 16.7. The van der Waals surface area contributed by atoms with Gasteiger partial charge in [-0.15, -0.1) is 0 Å². The Labute approximate surface area is 218 Å². The monoisotopic (exact) mass is 502 g/mol. The number of ether oxygens (including phenoxy) is 1. The average Bonchev–Trinajstić information content (AvgIpc) is 2.81. The van der Waals surface area contributed by atoms with Crippen LogP contribution in [0.25, 0.3) is 0 Å². The van der Waals surface area contributed by atoms with E-state index in [2.05, 4.69) is 47.6 Å². The fourth-order valence-electron chi connectivity index (χ4n) is 10.9. The molecule has 3 N–H and O–H groups in total. The summed E-state index contributed by atoms with van der Waals surface area (Å²) in [5, 5.41) is 33.3. The van der Waals surface area contributed by atoms with Gasteiger partial charge in [-0.1, -0.05) is 53.2 Å². The summed E-state index contributed by atoms with van der Waals surface area (Å²) in [4.78, 5) is 13.4. The van der Waals surface area contributed by atoms with Crippen LogP contribution in [0.5, 0.6) is 0 Å². The molecule has 0 bridgehead atoms. The van der Waals surface area contributed by atoms with Crippen molar-refractivity contribution in [2.24, 2.45) is 50.2 Å². The second-order valence-corrected chi connectivity index (χ2v) is 15.2. The molecule has 0 saturated heterocycles. The van der Waals surface area contributed by atoms with E-state index >= 15 is 0 Å². The number of esters is 1. The molecule has 4 fully saturated rings. The first-order valence-electron chi connectivity index (χ1n) is 14.4. The molecule has 0 amide bonds. The number of hydrogen-bond acceptors (Lipinski definition) is 5. The molecular formula is C31H50O5. The number of aliphatic hydroxyl groups is 3. The van der Waals surface area contributed by atoms with E-state index in [1.807, 2.05) is 0 Å². The minimum atomic E-state index is -0.843. The molecule has 0 aromatic heterocycles. The zero-order valence-electron chi connectivity index (χ0n) is 23.7. The molecule has 0 aromatic rings. The van der Waals surface area contributed by atoms with Crippen LogP contribution in [-0.2, 0) is 9.53 Å².